The molecule has 1 aromatic rings. The number of likely N-dealkylation sites (tertiary alicyclic amines) is 1. The number of nitrogens with zero attached hydrogens (tertiary/aromatic N) is 1. The zero-order valence-corrected chi connectivity index (χ0v) is 14.8. The second kappa shape index (κ2) is 8.91. The average Bonchev–Trinajstić information content (AvgIpc) is 3.04. The summed E-state index contributed by atoms with van der Waals surface area (Å²) in [6, 6.07) is 4.01. The molecule has 0 aliphatic carbocycles. The van der Waals surface area contributed by atoms with Gasteiger partial charge in [0.05, 0.1) is 6.54 Å². The maximum absolute atomic E-state index is 12.1. The Balaban J connectivity index is 1.72. The summed E-state index contributed by atoms with van der Waals surface area (Å²) in [7, 11) is 0. The van der Waals surface area contributed by atoms with E-state index < -0.39 is 0 Å². The SMILES string of the molecule is CC(C)CNC(=O)N1CCC[C@H](CC(=O)NCc2cccs2)C1. The third-order valence-corrected chi connectivity index (χ3v) is 4.86. The van der Waals surface area contributed by atoms with Crippen molar-refractivity contribution in [2.75, 3.05) is 19.6 Å². The summed E-state index contributed by atoms with van der Waals surface area (Å²) in [5.41, 5.74) is 0. The predicted molar refractivity (Wildman–Crippen MR) is 93.3 cm³/mol. The van der Waals surface area contributed by atoms with Crippen LogP contribution < -0.4 is 10.6 Å². The van der Waals surface area contributed by atoms with Crippen molar-refractivity contribution in [3.05, 3.63) is 22.4 Å². The van der Waals surface area contributed by atoms with Gasteiger partial charge in [0.1, 0.15) is 0 Å². The Labute approximate surface area is 142 Å². The van der Waals surface area contributed by atoms with Crippen molar-refractivity contribution in [1.29, 1.82) is 0 Å². The maximum atomic E-state index is 12.1. The van der Waals surface area contributed by atoms with Gasteiger partial charge in [-0.05, 0) is 36.1 Å². The number of rotatable bonds is 6. The molecule has 1 aliphatic heterocycles. The summed E-state index contributed by atoms with van der Waals surface area (Å²) in [6.45, 7) is 6.92. The van der Waals surface area contributed by atoms with Gasteiger partial charge in [0.2, 0.25) is 5.91 Å². The second-order valence-corrected chi connectivity index (χ2v) is 7.63. The van der Waals surface area contributed by atoms with Crippen LogP contribution in [-0.4, -0.2) is 36.5 Å². The van der Waals surface area contributed by atoms with E-state index in [1.165, 1.54) is 0 Å². The molecule has 1 aliphatic rings. The number of hydrogen-bond acceptors (Lipinski definition) is 3. The Bertz CT molecular complexity index is 502. The van der Waals surface area contributed by atoms with Crippen LogP contribution in [0.5, 0.6) is 0 Å². The zero-order valence-electron chi connectivity index (χ0n) is 14.0. The highest BCUT2D eigenvalue weighted by molar-refractivity contribution is 7.09. The Hall–Kier alpha value is -1.56. The molecule has 128 valence electrons. The van der Waals surface area contributed by atoms with E-state index in [1.54, 1.807) is 11.3 Å². The summed E-state index contributed by atoms with van der Waals surface area (Å²) < 4.78 is 0. The predicted octanol–water partition coefficient (Wildman–Crippen LogP) is 2.83. The molecule has 2 N–H and O–H groups in total. The monoisotopic (exact) mass is 337 g/mol. The zero-order chi connectivity index (χ0) is 16.7. The van der Waals surface area contributed by atoms with Crippen molar-refractivity contribution in [2.45, 2.75) is 39.7 Å². The summed E-state index contributed by atoms with van der Waals surface area (Å²) >= 11 is 1.65. The molecule has 23 heavy (non-hydrogen) atoms. The fraction of sp³-hybridized carbons (Fsp3) is 0.647. The average molecular weight is 337 g/mol. The molecule has 1 aromatic heterocycles. The van der Waals surface area contributed by atoms with Crippen molar-refractivity contribution in [3.8, 4) is 0 Å². The first-order valence-electron chi connectivity index (χ1n) is 8.36. The number of amides is 3. The van der Waals surface area contributed by atoms with Crippen LogP contribution in [0, 0.1) is 11.8 Å². The van der Waals surface area contributed by atoms with E-state index in [0.717, 1.165) is 24.3 Å². The minimum absolute atomic E-state index is 0.00222. The number of carbonyl (C=O) groups is 2. The minimum atomic E-state index is 0.00222. The van der Waals surface area contributed by atoms with Crippen LogP contribution in [0.2, 0.25) is 0 Å². The highest BCUT2D eigenvalue weighted by Crippen LogP contribution is 2.20. The van der Waals surface area contributed by atoms with E-state index >= 15 is 0 Å². The molecule has 6 heteroatoms. The lowest BCUT2D eigenvalue weighted by Gasteiger charge is -2.32. The number of carbonyl (C=O) groups excluding carboxylic acids is 2. The number of hydrogen-bond donors (Lipinski definition) is 2. The van der Waals surface area contributed by atoms with Crippen molar-refractivity contribution in [3.63, 3.8) is 0 Å². The lowest BCUT2D eigenvalue weighted by molar-refractivity contribution is -0.122. The van der Waals surface area contributed by atoms with E-state index in [1.807, 2.05) is 22.4 Å². The normalized spacial score (nSPS) is 18.0. The van der Waals surface area contributed by atoms with Crippen molar-refractivity contribution < 1.29 is 9.59 Å². The van der Waals surface area contributed by atoms with Gasteiger partial charge >= 0.3 is 6.03 Å². The molecule has 1 fully saturated rings. The van der Waals surface area contributed by atoms with Gasteiger partial charge in [-0.1, -0.05) is 19.9 Å². The molecule has 5 nitrogen and oxygen atoms in total. The van der Waals surface area contributed by atoms with E-state index in [4.69, 9.17) is 0 Å². The lowest BCUT2D eigenvalue weighted by Crippen LogP contribution is -2.47. The summed E-state index contributed by atoms with van der Waals surface area (Å²) in [6.07, 6.45) is 2.48. The second-order valence-electron chi connectivity index (χ2n) is 6.59. The van der Waals surface area contributed by atoms with E-state index in [2.05, 4.69) is 24.5 Å². The standard InChI is InChI=1S/C17H27N3O2S/c1-13(2)10-19-17(22)20-7-3-5-14(12-20)9-16(21)18-11-15-6-4-8-23-15/h4,6,8,13-14H,3,5,7,9-12H2,1-2H3,(H,18,21)(H,19,22)/t14-/m1/s1. The van der Waals surface area contributed by atoms with Gasteiger partial charge in [-0.15, -0.1) is 11.3 Å². The maximum Gasteiger partial charge on any atom is 0.317 e. The molecule has 0 spiro atoms. The van der Waals surface area contributed by atoms with E-state index in [9.17, 15) is 9.59 Å². The number of urea groups is 1. The Morgan fingerprint density at radius 3 is 2.91 bits per heavy atom. The smallest absolute Gasteiger partial charge is 0.317 e. The summed E-state index contributed by atoms with van der Waals surface area (Å²) in [5, 5.41) is 7.94. The molecule has 0 bridgehead atoms. The molecule has 2 heterocycles. The van der Waals surface area contributed by atoms with Crippen LogP contribution in [-0.2, 0) is 11.3 Å². The third kappa shape index (κ3) is 6.22. The molecule has 1 atom stereocenters. The summed E-state index contributed by atoms with van der Waals surface area (Å²) in [4.78, 5) is 27.2. The quantitative estimate of drug-likeness (QED) is 0.838. The van der Waals surface area contributed by atoms with Gasteiger partial charge in [-0.25, -0.2) is 4.79 Å². The molecular weight excluding hydrogens is 310 g/mol. The minimum Gasteiger partial charge on any atom is -0.351 e. The number of thiophene rings is 1. The van der Waals surface area contributed by atoms with Crippen molar-refractivity contribution in [2.24, 2.45) is 11.8 Å². The lowest BCUT2D eigenvalue weighted by atomic mass is 9.94. The molecule has 0 aromatic carbocycles. The molecule has 2 rings (SSSR count). The van der Waals surface area contributed by atoms with Crippen molar-refractivity contribution >= 4 is 23.3 Å². The van der Waals surface area contributed by atoms with Crippen LogP contribution in [0.3, 0.4) is 0 Å². The van der Waals surface area contributed by atoms with Gasteiger partial charge in [-0.2, -0.15) is 0 Å². The molecule has 0 radical (unpaired) electrons. The van der Waals surface area contributed by atoms with Gasteiger partial charge < -0.3 is 15.5 Å². The van der Waals surface area contributed by atoms with Gasteiger partial charge in [-0.3, -0.25) is 4.79 Å². The van der Waals surface area contributed by atoms with E-state index in [0.29, 0.717) is 32.0 Å². The first-order chi connectivity index (χ1) is 11.0. The molecule has 0 unspecified atom stereocenters. The highest BCUT2D eigenvalue weighted by atomic mass is 32.1. The molecule has 0 saturated carbocycles. The Morgan fingerprint density at radius 2 is 2.22 bits per heavy atom. The highest BCUT2D eigenvalue weighted by Gasteiger charge is 2.25. The van der Waals surface area contributed by atoms with Gasteiger partial charge in [0, 0.05) is 30.9 Å². The van der Waals surface area contributed by atoms with Crippen LogP contribution in [0.25, 0.3) is 0 Å². The largest absolute Gasteiger partial charge is 0.351 e. The van der Waals surface area contributed by atoms with E-state index in [-0.39, 0.29) is 17.9 Å². The van der Waals surface area contributed by atoms with Gasteiger partial charge in [0.15, 0.2) is 0 Å². The third-order valence-electron chi connectivity index (χ3n) is 3.98. The van der Waals surface area contributed by atoms with Crippen LogP contribution >= 0.6 is 11.3 Å². The molecular formula is C17H27N3O2S. The first-order valence-corrected chi connectivity index (χ1v) is 9.24. The van der Waals surface area contributed by atoms with Crippen LogP contribution in [0.15, 0.2) is 17.5 Å². The topological polar surface area (TPSA) is 61.4 Å². The molecule has 3 amide bonds. The fourth-order valence-corrected chi connectivity index (χ4v) is 3.40. The first kappa shape index (κ1) is 17.8. The van der Waals surface area contributed by atoms with Crippen molar-refractivity contribution in [1.82, 2.24) is 15.5 Å². The van der Waals surface area contributed by atoms with Gasteiger partial charge in [0.25, 0.3) is 0 Å². The van der Waals surface area contributed by atoms with Crippen LogP contribution in [0.1, 0.15) is 38.0 Å². The number of piperidine rings is 1. The fourth-order valence-electron chi connectivity index (χ4n) is 2.75. The Morgan fingerprint density at radius 1 is 1.39 bits per heavy atom. The molecule has 1 saturated heterocycles. The summed E-state index contributed by atoms with van der Waals surface area (Å²) in [5.74, 6) is 0.785. The van der Waals surface area contributed by atoms with Crippen LogP contribution in [0.4, 0.5) is 4.79 Å². The Kier molecular flexibility index (Phi) is 6.89. The number of nitrogens with one attached hydrogen (secondary N) is 2.